The SMILES string of the molecule is CCOC(=O)c1cc(S(N)(=O)=O)c[nH]1. The third-order valence-corrected chi connectivity index (χ3v) is 2.37. The van der Waals surface area contributed by atoms with Crippen LogP contribution < -0.4 is 5.14 Å². The lowest BCUT2D eigenvalue weighted by molar-refractivity contribution is 0.0520. The van der Waals surface area contributed by atoms with Crippen LogP contribution in [0.3, 0.4) is 0 Å². The smallest absolute Gasteiger partial charge is 0.354 e. The van der Waals surface area contributed by atoms with Gasteiger partial charge in [0.05, 0.1) is 6.61 Å². The van der Waals surface area contributed by atoms with Crippen molar-refractivity contribution < 1.29 is 17.9 Å². The summed E-state index contributed by atoms with van der Waals surface area (Å²) in [6.45, 7) is 1.88. The molecule has 1 aromatic heterocycles. The highest BCUT2D eigenvalue weighted by Crippen LogP contribution is 2.09. The van der Waals surface area contributed by atoms with Crippen molar-refractivity contribution in [2.75, 3.05) is 6.61 Å². The third kappa shape index (κ3) is 2.33. The minimum absolute atomic E-state index is 0.0656. The fraction of sp³-hybridized carbons (Fsp3) is 0.286. The minimum Gasteiger partial charge on any atom is -0.461 e. The molecule has 0 atom stereocenters. The van der Waals surface area contributed by atoms with Gasteiger partial charge in [-0.3, -0.25) is 0 Å². The van der Waals surface area contributed by atoms with E-state index in [9.17, 15) is 13.2 Å². The average molecular weight is 218 g/mol. The van der Waals surface area contributed by atoms with Crippen molar-refractivity contribution in [2.24, 2.45) is 5.14 Å². The molecule has 0 unspecified atom stereocenters. The summed E-state index contributed by atoms with van der Waals surface area (Å²) in [6.07, 6.45) is 1.14. The Morgan fingerprint density at radius 2 is 2.29 bits per heavy atom. The first kappa shape index (κ1) is 10.7. The molecule has 1 heterocycles. The number of carbonyl (C=O) groups is 1. The molecule has 0 amide bonds. The van der Waals surface area contributed by atoms with Crippen LogP contribution in [-0.4, -0.2) is 26.0 Å². The summed E-state index contributed by atoms with van der Waals surface area (Å²) in [6, 6.07) is 1.13. The van der Waals surface area contributed by atoms with Gasteiger partial charge < -0.3 is 9.72 Å². The molecule has 0 aliphatic heterocycles. The van der Waals surface area contributed by atoms with E-state index in [0.29, 0.717) is 0 Å². The molecule has 0 aliphatic rings. The molecule has 7 heteroatoms. The lowest BCUT2D eigenvalue weighted by Gasteiger charge is -1.96. The van der Waals surface area contributed by atoms with Gasteiger partial charge >= 0.3 is 5.97 Å². The summed E-state index contributed by atoms with van der Waals surface area (Å²) in [5.41, 5.74) is 0.0656. The van der Waals surface area contributed by atoms with E-state index in [0.717, 1.165) is 12.3 Å². The van der Waals surface area contributed by atoms with Crippen LogP contribution in [0, 0.1) is 0 Å². The van der Waals surface area contributed by atoms with Crippen LogP contribution in [0.2, 0.25) is 0 Å². The minimum atomic E-state index is -3.77. The predicted molar refractivity (Wildman–Crippen MR) is 48.1 cm³/mol. The van der Waals surface area contributed by atoms with Gasteiger partial charge in [-0.2, -0.15) is 0 Å². The second kappa shape index (κ2) is 3.81. The highest BCUT2D eigenvalue weighted by molar-refractivity contribution is 7.89. The van der Waals surface area contributed by atoms with E-state index in [1.807, 2.05) is 0 Å². The molecule has 3 N–H and O–H groups in total. The molecule has 0 aromatic carbocycles. The Morgan fingerprint density at radius 1 is 1.64 bits per heavy atom. The summed E-state index contributed by atoms with van der Waals surface area (Å²) in [7, 11) is -3.77. The topological polar surface area (TPSA) is 102 Å². The van der Waals surface area contributed by atoms with Gasteiger partial charge in [0.25, 0.3) is 0 Å². The summed E-state index contributed by atoms with van der Waals surface area (Å²) in [5, 5.41) is 4.84. The Kier molecular flexibility index (Phi) is 2.92. The number of carbonyl (C=O) groups excluding carboxylic acids is 1. The zero-order chi connectivity index (χ0) is 10.8. The number of nitrogens with one attached hydrogen (secondary N) is 1. The first-order chi connectivity index (χ1) is 6.45. The van der Waals surface area contributed by atoms with Gasteiger partial charge in [-0.15, -0.1) is 0 Å². The van der Waals surface area contributed by atoms with E-state index >= 15 is 0 Å². The maximum atomic E-state index is 11.1. The molecular formula is C7H10N2O4S. The average Bonchev–Trinajstić information content (AvgIpc) is 2.51. The van der Waals surface area contributed by atoms with E-state index in [2.05, 4.69) is 9.72 Å². The Hall–Kier alpha value is -1.34. The van der Waals surface area contributed by atoms with E-state index in [-0.39, 0.29) is 17.2 Å². The first-order valence-electron chi connectivity index (χ1n) is 3.83. The first-order valence-corrected chi connectivity index (χ1v) is 5.38. The summed E-state index contributed by atoms with van der Waals surface area (Å²) >= 11 is 0. The van der Waals surface area contributed by atoms with Crippen LogP contribution in [-0.2, 0) is 14.8 Å². The predicted octanol–water partition coefficient (Wildman–Crippen LogP) is -0.161. The van der Waals surface area contributed by atoms with Crippen molar-refractivity contribution in [3.63, 3.8) is 0 Å². The summed E-state index contributed by atoms with van der Waals surface area (Å²) in [5.74, 6) is -0.609. The van der Waals surface area contributed by atoms with Crippen LogP contribution >= 0.6 is 0 Å². The Balaban J connectivity index is 2.94. The lowest BCUT2D eigenvalue weighted by Crippen LogP contribution is -2.11. The number of aromatic nitrogens is 1. The molecule has 6 nitrogen and oxygen atoms in total. The lowest BCUT2D eigenvalue weighted by atomic mass is 10.4. The number of hydrogen-bond acceptors (Lipinski definition) is 4. The molecular weight excluding hydrogens is 208 g/mol. The van der Waals surface area contributed by atoms with E-state index < -0.39 is 16.0 Å². The maximum absolute atomic E-state index is 11.1. The number of H-pyrrole nitrogens is 1. The van der Waals surface area contributed by atoms with E-state index in [1.54, 1.807) is 6.92 Å². The number of hydrogen-bond donors (Lipinski definition) is 2. The highest BCUT2D eigenvalue weighted by atomic mass is 32.2. The van der Waals surface area contributed by atoms with Crippen molar-refractivity contribution in [2.45, 2.75) is 11.8 Å². The Bertz CT molecular complexity index is 434. The van der Waals surface area contributed by atoms with Crippen LogP contribution in [0.15, 0.2) is 17.2 Å². The normalized spacial score (nSPS) is 11.3. The van der Waals surface area contributed by atoms with Crippen LogP contribution in [0.1, 0.15) is 17.4 Å². The molecule has 0 fully saturated rings. The van der Waals surface area contributed by atoms with Crippen molar-refractivity contribution >= 4 is 16.0 Å². The maximum Gasteiger partial charge on any atom is 0.354 e. The Morgan fingerprint density at radius 3 is 2.71 bits per heavy atom. The van der Waals surface area contributed by atoms with Gasteiger partial charge in [0.1, 0.15) is 10.6 Å². The van der Waals surface area contributed by atoms with Crippen molar-refractivity contribution in [3.8, 4) is 0 Å². The fourth-order valence-corrected chi connectivity index (χ4v) is 1.37. The van der Waals surface area contributed by atoms with Gasteiger partial charge in [-0.25, -0.2) is 18.4 Å². The van der Waals surface area contributed by atoms with Crippen LogP contribution in [0.25, 0.3) is 0 Å². The third-order valence-electron chi connectivity index (χ3n) is 1.48. The van der Waals surface area contributed by atoms with E-state index in [1.165, 1.54) is 0 Å². The van der Waals surface area contributed by atoms with Crippen molar-refractivity contribution in [3.05, 3.63) is 18.0 Å². The number of ether oxygens (including phenoxy) is 1. The molecule has 1 rings (SSSR count). The largest absolute Gasteiger partial charge is 0.461 e. The molecule has 0 saturated carbocycles. The molecule has 0 spiro atoms. The number of nitrogens with two attached hydrogens (primary N) is 1. The highest BCUT2D eigenvalue weighted by Gasteiger charge is 2.14. The second-order valence-electron chi connectivity index (χ2n) is 2.51. The second-order valence-corrected chi connectivity index (χ2v) is 4.08. The molecule has 0 bridgehead atoms. The van der Waals surface area contributed by atoms with Crippen molar-refractivity contribution in [1.82, 2.24) is 4.98 Å². The van der Waals surface area contributed by atoms with Crippen molar-refractivity contribution in [1.29, 1.82) is 0 Å². The van der Waals surface area contributed by atoms with Gasteiger partial charge in [0.15, 0.2) is 0 Å². The molecule has 0 radical (unpaired) electrons. The standard InChI is InChI=1S/C7H10N2O4S/c1-2-13-7(10)6-3-5(4-9-6)14(8,11)12/h3-4,9H,2H2,1H3,(H2,8,11,12). The van der Waals surface area contributed by atoms with Gasteiger partial charge in [0.2, 0.25) is 10.0 Å². The van der Waals surface area contributed by atoms with Gasteiger partial charge in [-0.1, -0.05) is 0 Å². The van der Waals surface area contributed by atoms with Gasteiger partial charge in [0, 0.05) is 6.20 Å². The number of esters is 1. The quantitative estimate of drug-likeness (QED) is 0.688. The summed E-state index contributed by atoms with van der Waals surface area (Å²) in [4.78, 5) is 13.4. The van der Waals surface area contributed by atoms with Gasteiger partial charge in [-0.05, 0) is 13.0 Å². The number of primary sulfonamides is 1. The molecule has 1 aromatic rings. The monoisotopic (exact) mass is 218 g/mol. The fourth-order valence-electron chi connectivity index (χ4n) is 0.865. The molecule has 0 aliphatic carbocycles. The Labute approximate surface area is 81.1 Å². The number of rotatable bonds is 3. The van der Waals surface area contributed by atoms with E-state index in [4.69, 9.17) is 5.14 Å². The summed E-state index contributed by atoms with van der Waals surface area (Å²) < 4.78 is 26.3. The molecule has 14 heavy (non-hydrogen) atoms. The molecule has 0 saturated heterocycles. The zero-order valence-corrected chi connectivity index (χ0v) is 8.30. The van der Waals surface area contributed by atoms with Crippen LogP contribution in [0.5, 0.6) is 0 Å². The van der Waals surface area contributed by atoms with Crippen LogP contribution in [0.4, 0.5) is 0 Å². The number of sulfonamides is 1. The number of aromatic amines is 1. The zero-order valence-electron chi connectivity index (χ0n) is 7.48. The molecule has 78 valence electrons.